The second-order valence-corrected chi connectivity index (χ2v) is 13.5. The lowest BCUT2D eigenvalue weighted by Crippen LogP contribution is -2.39. The Morgan fingerprint density at radius 2 is 1.81 bits per heavy atom. The SMILES string of the molecule is COc1cc(C(=O)NC2CCC3(CCN(C)CC3)C2)c(F)cc1Nc1ncc(C(F)(F)F)c(Oc2cccc3c2C(=O)N(C)C32CC2)n1. The molecule has 2 aliphatic carbocycles. The molecule has 2 aliphatic heterocycles. The van der Waals surface area contributed by atoms with Crippen LogP contribution in [0.25, 0.3) is 0 Å². The summed E-state index contributed by atoms with van der Waals surface area (Å²) in [4.78, 5) is 38.0. The lowest BCUT2D eigenvalue weighted by molar-refractivity contribution is -0.139. The Balaban J connectivity index is 1.12. The summed E-state index contributed by atoms with van der Waals surface area (Å²) >= 11 is 0. The van der Waals surface area contributed by atoms with Crippen LogP contribution in [0.1, 0.15) is 76.8 Å². The Kier molecular flexibility index (Phi) is 7.76. The fourth-order valence-electron chi connectivity index (χ4n) is 7.55. The highest BCUT2D eigenvalue weighted by Gasteiger charge is 2.57. The first-order chi connectivity index (χ1) is 22.8. The summed E-state index contributed by atoms with van der Waals surface area (Å²) in [6.07, 6.45) is 1.99. The quantitative estimate of drug-likeness (QED) is 0.285. The number of nitrogens with zero attached hydrogens (tertiary/aromatic N) is 4. The number of fused-ring (bicyclic) bond motifs is 2. The Hall–Kier alpha value is -4.46. The molecule has 2 spiro atoms. The molecular formula is C34H36F4N6O4. The van der Waals surface area contributed by atoms with Gasteiger partial charge in [0.15, 0.2) is 0 Å². The summed E-state index contributed by atoms with van der Waals surface area (Å²) in [6.45, 7) is 2.03. The van der Waals surface area contributed by atoms with Gasteiger partial charge in [-0.15, -0.1) is 0 Å². The molecule has 2 aromatic carbocycles. The van der Waals surface area contributed by atoms with E-state index in [4.69, 9.17) is 9.47 Å². The predicted molar refractivity (Wildman–Crippen MR) is 167 cm³/mol. The van der Waals surface area contributed by atoms with E-state index in [-0.39, 0.29) is 51.6 Å². The van der Waals surface area contributed by atoms with E-state index in [2.05, 4.69) is 32.5 Å². The predicted octanol–water partition coefficient (Wildman–Crippen LogP) is 6.25. The summed E-state index contributed by atoms with van der Waals surface area (Å²) < 4.78 is 68.7. The zero-order valence-corrected chi connectivity index (χ0v) is 26.8. The Morgan fingerprint density at radius 1 is 1.06 bits per heavy atom. The number of alkyl halides is 3. The number of likely N-dealkylation sites (tertiary alicyclic amines) is 1. The first-order valence-electron chi connectivity index (χ1n) is 16.0. The average molecular weight is 669 g/mol. The van der Waals surface area contributed by atoms with Crippen LogP contribution >= 0.6 is 0 Å². The summed E-state index contributed by atoms with van der Waals surface area (Å²) in [5.74, 6) is -2.98. The normalized spacial score (nSPS) is 21.0. The number of nitrogens with one attached hydrogen (secondary N) is 2. The monoisotopic (exact) mass is 668 g/mol. The van der Waals surface area contributed by atoms with Gasteiger partial charge in [-0.3, -0.25) is 9.59 Å². The van der Waals surface area contributed by atoms with Crippen LogP contribution in [0, 0.1) is 11.2 Å². The first kappa shape index (κ1) is 32.1. The summed E-state index contributed by atoms with van der Waals surface area (Å²) in [7, 11) is 5.08. The Morgan fingerprint density at radius 3 is 2.50 bits per heavy atom. The highest BCUT2D eigenvalue weighted by atomic mass is 19.4. The van der Waals surface area contributed by atoms with Gasteiger partial charge in [-0.05, 0) is 88.2 Å². The van der Waals surface area contributed by atoms with Crippen molar-refractivity contribution in [2.24, 2.45) is 5.41 Å². The number of halogens is 4. The summed E-state index contributed by atoms with van der Waals surface area (Å²) in [5, 5.41) is 5.68. The Bertz CT molecular complexity index is 1790. The second kappa shape index (κ2) is 11.6. The zero-order chi connectivity index (χ0) is 34.0. The van der Waals surface area contributed by atoms with Crippen LogP contribution in [0.2, 0.25) is 0 Å². The fourth-order valence-corrected chi connectivity index (χ4v) is 7.55. The topological polar surface area (TPSA) is 109 Å². The number of carbonyl (C=O) groups is 2. The minimum atomic E-state index is -4.88. The van der Waals surface area contributed by atoms with Crippen molar-refractivity contribution in [3.63, 3.8) is 0 Å². The molecular weight excluding hydrogens is 632 g/mol. The van der Waals surface area contributed by atoms with Crippen LogP contribution in [0.4, 0.5) is 29.2 Å². The number of aromatic nitrogens is 2. The van der Waals surface area contributed by atoms with E-state index < -0.39 is 34.9 Å². The lowest BCUT2D eigenvalue weighted by Gasteiger charge is -2.38. The van der Waals surface area contributed by atoms with Crippen molar-refractivity contribution in [1.82, 2.24) is 25.1 Å². The number of rotatable bonds is 7. The van der Waals surface area contributed by atoms with Crippen LogP contribution in [0.3, 0.4) is 0 Å². The van der Waals surface area contributed by atoms with Gasteiger partial charge >= 0.3 is 6.18 Å². The molecule has 3 fully saturated rings. The maximum Gasteiger partial charge on any atom is 0.423 e. The molecule has 48 heavy (non-hydrogen) atoms. The number of hydrogen-bond donors (Lipinski definition) is 2. The van der Waals surface area contributed by atoms with E-state index in [0.717, 1.165) is 64.1 Å². The van der Waals surface area contributed by atoms with Crippen LogP contribution in [0.15, 0.2) is 36.5 Å². The first-order valence-corrected chi connectivity index (χ1v) is 16.0. The van der Waals surface area contributed by atoms with E-state index in [0.29, 0.717) is 11.8 Å². The third-order valence-electron chi connectivity index (χ3n) is 10.5. The van der Waals surface area contributed by atoms with E-state index >= 15 is 4.39 Å². The molecule has 254 valence electrons. The summed E-state index contributed by atoms with van der Waals surface area (Å²) in [5.41, 5.74) is -0.874. The van der Waals surface area contributed by atoms with Crippen LogP contribution in [-0.2, 0) is 11.7 Å². The van der Waals surface area contributed by atoms with Crippen molar-refractivity contribution in [2.45, 2.75) is 62.7 Å². The molecule has 14 heteroatoms. The van der Waals surface area contributed by atoms with Gasteiger partial charge in [0.05, 0.1) is 29.5 Å². The van der Waals surface area contributed by atoms with E-state index in [1.54, 1.807) is 24.1 Å². The maximum atomic E-state index is 15.4. The molecule has 1 aromatic heterocycles. The van der Waals surface area contributed by atoms with Crippen LogP contribution in [-0.4, -0.2) is 71.9 Å². The van der Waals surface area contributed by atoms with Crippen molar-refractivity contribution in [3.8, 4) is 17.4 Å². The fraction of sp³-hybridized carbons (Fsp3) is 0.471. The molecule has 3 aromatic rings. The van der Waals surface area contributed by atoms with E-state index in [1.807, 2.05) is 0 Å². The molecule has 0 bridgehead atoms. The van der Waals surface area contributed by atoms with Gasteiger partial charge in [0.1, 0.15) is 22.9 Å². The summed E-state index contributed by atoms with van der Waals surface area (Å²) in [6, 6.07) is 6.99. The second-order valence-electron chi connectivity index (χ2n) is 13.5. The molecule has 7 rings (SSSR count). The van der Waals surface area contributed by atoms with Crippen LogP contribution < -0.4 is 20.1 Å². The van der Waals surface area contributed by atoms with E-state index in [9.17, 15) is 22.8 Å². The van der Waals surface area contributed by atoms with Gasteiger partial charge in [0.25, 0.3) is 11.8 Å². The third-order valence-corrected chi connectivity index (χ3v) is 10.5. The standard InChI is InChI=1S/C34H36F4N6O4/c1-43-13-11-32(12-14-43)8-7-19(17-32)40-28(45)20-15-26(47-3)24(16-23(20)35)41-31-39-18-22(34(36,37)38)29(42-31)48-25-6-4-5-21-27(25)30(46)44(2)33(21)9-10-33/h4-6,15-16,18-19H,7-14,17H2,1-3H3,(H,40,45)(H,39,41,42). The number of hydrogen-bond acceptors (Lipinski definition) is 8. The smallest absolute Gasteiger partial charge is 0.423 e. The zero-order valence-electron chi connectivity index (χ0n) is 26.8. The van der Waals surface area contributed by atoms with Gasteiger partial charge in [-0.1, -0.05) is 12.1 Å². The van der Waals surface area contributed by atoms with Crippen molar-refractivity contribution in [2.75, 3.05) is 39.6 Å². The molecule has 2 N–H and O–H groups in total. The number of anilines is 2. The third kappa shape index (κ3) is 5.59. The lowest BCUT2D eigenvalue weighted by atomic mass is 9.77. The molecule has 3 heterocycles. The molecule has 1 atom stereocenters. The maximum absolute atomic E-state index is 15.4. The van der Waals surface area contributed by atoms with Gasteiger partial charge in [0, 0.05) is 25.4 Å². The van der Waals surface area contributed by atoms with E-state index in [1.165, 1.54) is 19.2 Å². The number of amides is 2. The number of benzene rings is 2. The number of methoxy groups -OCH3 is 1. The van der Waals surface area contributed by atoms with Gasteiger partial charge in [0.2, 0.25) is 11.8 Å². The molecule has 1 saturated heterocycles. The van der Waals surface area contributed by atoms with Gasteiger partial charge in [-0.25, -0.2) is 9.37 Å². The highest BCUT2D eigenvalue weighted by Crippen LogP contribution is 2.57. The molecule has 2 saturated carbocycles. The molecule has 0 radical (unpaired) electrons. The van der Waals surface area contributed by atoms with Crippen molar-refractivity contribution in [3.05, 3.63) is 64.6 Å². The Labute approximate surface area is 274 Å². The number of ether oxygens (including phenoxy) is 2. The number of carbonyl (C=O) groups excluding carboxylic acids is 2. The minimum Gasteiger partial charge on any atom is -0.495 e. The van der Waals surface area contributed by atoms with Gasteiger partial charge in [-0.2, -0.15) is 18.2 Å². The molecule has 10 nitrogen and oxygen atoms in total. The van der Waals surface area contributed by atoms with Crippen LogP contribution in [0.5, 0.6) is 17.4 Å². The number of piperidine rings is 1. The van der Waals surface area contributed by atoms with Crippen molar-refractivity contribution < 1.29 is 36.6 Å². The highest BCUT2D eigenvalue weighted by molar-refractivity contribution is 6.03. The molecule has 4 aliphatic rings. The van der Waals surface area contributed by atoms with Crippen molar-refractivity contribution in [1.29, 1.82) is 0 Å². The van der Waals surface area contributed by atoms with Crippen molar-refractivity contribution >= 4 is 23.5 Å². The largest absolute Gasteiger partial charge is 0.495 e. The minimum absolute atomic E-state index is 0.0171. The molecule has 2 amide bonds. The van der Waals surface area contributed by atoms with Gasteiger partial charge < -0.3 is 29.9 Å². The molecule has 1 unspecified atom stereocenters. The average Bonchev–Trinajstić information content (AvgIpc) is 3.72.